The van der Waals surface area contributed by atoms with Gasteiger partial charge in [0.2, 0.25) is 11.8 Å². The number of carbonyl (C=O) groups excluding carboxylic acids is 2. The summed E-state index contributed by atoms with van der Waals surface area (Å²) < 4.78 is 0. The van der Waals surface area contributed by atoms with Crippen LogP contribution in [0.5, 0.6) is 0 Å². The van der Waals surface area contributed by atoms with Crippen molar-refractivity contribution in [3.63, 3.8) is 0 Å². The third kappa shape index (κ3) is 2.88. The highest BCUT2D eigenvalue weighted by Gasteiger charge is 2.30. The van der Waals surface area contributed by atoms with Gasteiger partial charge in [-0.15, -0.1) is 11.3 Å². The Morgan fingerprint density at radius 3 is 3.06 bits per heavy atom. The standard InChI is InChI=1S/C12H16N2O3S/c1-14(7-9(15)10-3-2-6-18-10)12(17)8-4-5-11(16)13-8/h2-3,6,8-9,15H,4-5,7H2,1H3,(H,13,16). The van der Waals surface area contributed by atoms with Gasteiger partial charge >= 0.3 is 0 Å². The number of hydrogen-bond acceptors (Lipinski definition) is 4. The lowest BCUT2D eigenvalue weighted by molar-refractivity contribution is -0.134. The number of nitrogens with one attached hydrogen (secondary N) is 1. The first-order valence-corrected chi connectivity index (χ1v) is 6.71. The fraction of sp³-hybridized carbons (Fsp3) is 0.500. The molecule has 2 unspecified atom stereocenters. The maximum atomic E-state index is 12.0. The van der Waals surface area contributed by atoms with Gasteiger partial charge in [-0.25, -0.2) is 0 Å². The molecule has 98 valence electrons. The first kappa shape index (κ1) is 13.0. The van der Waals surface area contributed by atoms with Crippen LogP contribution in [-0.2, 0) is 9.59 Å². The lowest BCUT2D eigenvalue weighted by atomic mass is 10.2. The van der Waals surface area contributed by atoms with Gasteiger partial charge in [-0.05, 0) is 17.9 Å². The molecule has 0 bridgehead atoms. The fourth-order valence-electron chi connectivity index (χ4n) is 1.99. The number of aliphatic hydroxyl groups excluding tert-OH is 1. The monoisotopic (exact) mass is 268 g/mol. The van der Waals surface area contributed by atoms with E-state index in [2.05, 4.69) is 5.32 Å². The average Bonchev–Trinajstić information content (AvgIpc) is 2.98. The number of rotatable bonds is 4. The molecule has 0 spiro atoms. The van der Waals surface area contributed by atoms with Crippen molar-refractivity contribution in [3.05, 3.63) is 22.4 Å². The third-order valence-corrected chi connectivity index (χ3v) is 3.96. The van der Waals surface area contributed by atoms with Crippen LogP contribution < -0.4 is 5.32 Å². The fourth-order valence-corrected chi connectivity index (χ4v) is 2.69. The Labute approximate surface area is 109 Å². The van der Waals surface area contributed by atoms with Crippen molar-refractivity contribution < 1.29 is 14.7 Å². The molecule has 0 aromatic carbocycles. The molecule has 5 nitrogen and oxygen atoms in total. The van der Waals surface area contributed by atoms with E-state index in [0.29, 0.717) is 12.8 Å². The Morgan fingerprint density at radius 1 is 1.72 bits per heavy atom. The number of likely N-dealkylation sites (N-methyl/N-ethyl adjacent to an activating group) is 1. The summed E-state index contributed by atoms with van der Waals surface area (Å²) in [4.78, 5) is 25.4. The molecule has 0 saturated carbocycles. The van der Waals surface area contributed by atoms with Crippen molar-refractivity contribution >= 4 is 23.2 Å². The van der Waals surface area contributed by atoms with Crippen LogP contribution in [0.3, 0.4) is 0 Å². The zero-order valence-corrected chi connectivity index (χ0v) is 10.9. The lowest BCUT2D eigenvalue weighted by Gasteiger charge is -2.23. The molecule has 1 saturated heterocycles. The van der Waals surface area contributed by atoms with Gasteiger partial charge in [0.15, 0.2) is 0 Å². The highest BCUT2D eigenvalue weighted by Crippen LogP contribution is 2.20. The summed E-state index contributed by atoms with van der Waals surface area (Å²) in [6.45, 7) is 0.242. The van der Waals surface area contributed by atoms with E-state index in [1.54, 1.807) is 7.05 Å². The third-order valence-electron chi connectivity index (χ3n) is 2.99. The van der Waals surface area contributed by atoms with Crippen LogP contribution in [-0.4, -0.2) is 41.5 Å². The summed E-state index contributed by atoms with van der Waals surface area (Å²) in [5.74, 6) is -0.225. The molecule has 2 amide bonds. The Balaban J connectivity index is 1.89. The van der Waals surface area contributed by atoms with Crippen LogP contribution in [0, 0.1) is 0 Å². The summed E-state index contributed by atoms with van der Waals surface area (Å²) in [5, 5.41) is 14.5. The van der Waals surface area contributed by atoms with Gasteiger partial charge in [0.25, 0.3) is 0 Å². The van der Waals surface area contributed by atoms with E-state index in [0.717, 1.165) is 4.88 Å². The minimum atomic E-state index is -0.670. The highest BCUT2D eigenvalue weighted by molar-refractivity contribution is 7.10. The maximum Gasteiger partial charge on any atom is 0.245 e. The second kappa shape index (κ2) is 5.49. The van der Waals surface area contributed by atoms with E-state index in [-0.39, 0.29) is 18.4 Å². The molecule has 0 aliphatic carbocycles. The van der Waals surface area contributed by atoms with Crippen molar-refractivity contribution in [1.29, 1.82) is 0 Å². The molecule has 18 heavy (non-hydrogen) atoms. The summed E-state index contributed by atoms with van der Waals surface area (Å²) >= 11 is 1.46. The van der Waals surface area contributed by atoms with Crippen LogP contribution in [0.25, 0.3) is 0 Å². The van der Waals surface area contributed by atoms with E-state index >= 15 is 0 Å². The SMILES string of the molecule is CN(CC(O)c1cccs1)C(=O)C1CCC(=O)N1. The summed E-state index contributed by atoms with van der Waals surface area (Å²) in [5.41, 5.74) is 0. The van der Waals surface area contributed by atoms with Crippen molar-refractivity contribution in [2.75, 3.05) is 13.6 Å². The number of aliphatic hydroxyl groups is 1. The van der Waals surface area contributed by atoms with Gasteiger partial charge in [0.05, 0.1) is 6.54 Å². The van der Waals surface area contributed by atoms with E-state index < -0.39 is 12.1 Å². The molecule has 2 N–H and O–H groups in total. The molecule has 2 atom stereocenters. The first-order valence-electron chi connectivity index (χ1n) is 5.83. The summed E-state index contributed by atoms with van der Waals surface area (Å²) in [6.07, 6.45) is 0.269. The van der Waals surface area contributed by atoms with Crippen LogP contribution >= 0.6 is 11.3 Å². The molecule has 2 rings (SSSR count). The summed E-state index contributed by atoms with van der Waals surface area (Å²) in [6, 6.07) is 3.27. The zero-order valence-electron chi connectivity index (χ0n) is 10.1. The smallest absolute Gasteiger partial charge is 0.245 e. The predicted octanol–water partition coefficient (Wildman–Crippen LogP) is 0.518. The topological polar surface area (TPSA) is 69.6 Å². The normalized spacial score (nSPS) is 20.6. The molecule has 0 radical (unpaired) electrons. The second-order valence-electron chi connectivity index (χ2n) is 4.41. The lowest BCUT2D eigenvalue weighted by Crippen LogP contribution is -2.43. The van der Waals surface area contributed by atoms with E-state index in [1.807, 2.05) is 17.5 Å². The maximum absolute atomic E-state index is 12.0. The minimum absolute atomic E-state index is 0.0828. The van der Waals surface area contributed by atoms with Gasteiger partial charge in [-0.3, -0.25) is 9.59 Å². The Hall–Kier alpha value is -1.40. The minimum Gasteiger partial charge on any atom is -0.386 e. The van der Waals surface area contributed by atoms with E-state index in [9.17, 15) is 14.7 Å². The van der Waals surface area contributed by atoms with Gasteiger partial charge in [0.1, 0.15) is 12.1 Å². The van der Waals surface area contributed by atoms with Crippen LogP contribution in [0.4, 0.5) is 0 Å². The number of carbonyl (C=O) groups is 2. The number of amides is 2. The van der Waals surface area contributed by atoms with Crippen molar-refractivity contribution in [3.8, 4) is 0 Å². The quantitative estimate of drug-likeness (QED) is 0.836. The highest BCUT2D eigenvalue weighted by atomic mass is 32.1. The van der Waals surface area contributed by atoms with Crippen LogP contribution in [0.15, 0.2) is 17.5 Å². The summed E-state index contributed by atoms with van der Waals surface area (Å²) in [7, 11) is 1.64. The van der Waals surface area contributed by atoms with Gasteiger partial charge in [-0.1, -0.05) is 6.07 Å². The number of nitrogens with zero attached hydrogens (tertiary/aromatic N) is 1. The Bertz CT molecular complexity index is 433. The predicted molar refractivity (Wildman–Crippen MR) is 68.1 cm³/mol. The molecule has 1 aromatic heterocycles. The molecule has 1 aliphatic heterocycles. The molecule has 1 fully saturated rings. The van der Waals surface area contributed by atoms with Crippen LogP contribution in [0.1, 0.15) is 23.8 Å². The van der Waals surface area contributed by atoms with Gasteiger partial charge < -0.3 is 15.3 Å². The number of hydrogen-bond donors (Lipinski definition) is 2. The second-order valence-corrected chi connectivity index (χ2v) is 5.39. The first-order chi connectivity index (χ1) is 8.58. The van der Waals surface area contributed by atoms with E-state index in [1.165, 1.54) is 16.2 Å². The molecule has 2 heterocycles. The van der Waals surface area contributed by atoms with Crippen molar-refractivity contribution in [2.45, 2.75) is 25.0 Å². The largest absolute Gasteiger partial charge is 0.386 e. The number of thiophene rings is 1. The molecular weight excluding hydrogens is 252 g/mol. The van der Waals surface area contributed by atoms with Gasteiger partial charge in [-0.2, -0.15) is 0 Å². The Kier molecular flexibility index (Phi) is 3.98. The average molecular weight is 268 g/mol. The van der Waals surface area contributed by atoms with E-state index in [4.69, 9.17) is 0 Å². The molecule has 1 aromatic rings. The van der Waals surface area contributed by atoms with Crippen molar-refractivity contribution in [2.24, 2.45) is 0 Å². The van der Waals surface area contributed by atoms with Crippen LogP contribution in [0.2, 0.25) is 0 Å². The van der Waals surface area contributed by atoms with Gasteiger partial charge in [0, 0.05) is 18.3 Å². The molecule has 1 aliphatic rings. The Morgan fingerprint density at radius 2 is 2.50 bits per heavy atom. The molecule has 6 heteroatoms. The zero-order chi connectivity index (χ0) is 13.1. The van der Waals surface area contributed by atoms with Crippen molar-refractivity contribution in [1.82, 2.24) is 10.2 Å². The molecular formula is C12H16N2O3S.